The van der Waals surface area contributed by atoms with Crippen LogP contribution in [0.15, 0.2) is 36.8 Å². The predicted molar refractivity (Wildman–Crippen MR) is 121 cm³/mol. The fraction of sp³-hybridized carbons (Fsp3) is 0.435. The predicted octanol–water partition coefficient (Wildman–Crippen LogP) is 4.91. The van der Waals surface area contributed by atoms with Crippen molar-refractivity contribution >= 4 is 11.9 Å². The Labute approximate surface area is 216 Å². The lowest BCUT2D eigenvalue weighted by atomic mass is 9.88. The highest BCUT2D eigenvalue weighted by molar-refractivity contribution is 5.98. The summed E-state index contributed by atoms with van der Waals surface area (Å²) in [5.74, 6) is -5.26. The van der Waals surface area contributed by atoms with E-state index in [0.29, 0.717) is 12.4 Å². The number of carbonyl (C=O) groups excluding carboxylic acids is 1. The molecule has 3 aromatic heterocycles. The van der Waals surface area contributed by atoms with E-state index in [2.05, 4.69) is 25.4 Å². The van der Waals surface area contributed by atoms with Crippen LogP contribution in [0.2, 0.25) is 0 Å². The summed E-state index contributed by atoms with van der Waals surface area (Å²) in [6, 6.07) is 2.17. The maximum absolute atomic E-state index is 14.6. The number of likely N-dealkylation sites (tertiary alicyclic amines) is 1. The van der Waals surface area contributed by atoms with E-state index >= 15 is 0 Å². The molecule has 39 heavy (non-hydrogen) atoms. The SMILES string of the molecule is CC1CC(F)(F)CN(C(=O)c2nn(C)cc2-c2cccc(C(F)(F)F)n2)C1CNc1ncc(C(F)(F)F)cn1. The van der Waals surface area contributed by atoms with Crippen molar-refractivity contribution in [3.05, 3.63) is 53.7 Å². The lowest BCUT2D eigenvalue weighted by Crippen LogP contribution is -2.57. The third-order valence-corrected chi connectivity index (χ3v) is 6.14. The number of piperidine rings is 1. The number of nitrogens with zero attached hydrogens (tertiary/aromatic N) is 6. The largest absolute Gasteiger partial charge is 0.433 e. The van der Waals surface area contributed by atoms with Crippen LogP contribution in [0.1, 0.15) is 35.1 Å². The van der Waals surface area contributed by atoms with E-state index in [1.807, 2.05) is 0 Å². The van der Waals surface area contributed by atoms with Crippen molar-refractivity contribution in [3.63, 3.8) is 0 Å². The number of anilines is 1. The molecule has 2 unspecified atom stereocenters. The number of hydrogen-bond acceptors (Lipinski definition) is 6. The average Bonchev–Trinajstić information content (AvgIpc) is 3.23. The minimum atomic E-state index is -4.76. The molecule has 1 amide bonds. The van der Waals surface area contributed by atoms with Gasteiger partial charge in [0.15, 0.2) is 5.69 Å². The van der Waals surface area contributed by atoms with Gasteiger partial charge in [0, 0.05) is 38.6 Å². The Balaban J connectivity index is 1.63. The molecule has 2 atom stereocenters. The molecule has 4 heterocycles. The molecule has 0 radical (unpaired) electrons. The number of alkyl halides is 8. The van der Waals surface area contributed by atoms with Crippen molar-refractivity contribution in [2.45, 2.75) is 37.7 Å². The number of nitrogens with one attached hydrogen (secondary N) is 1. The molecule has 8 nitrogen and oxygen atoms in total. The quantitative estimate of drug-likeness (QED) is 0.444. The van der Waals surface area contributed by atoms with Gasteiger partial charge in [-0.25, -0.2) is 23.7 Å². The van der Waals surface area contributed by atoms with E-state index in [1.54, 1.807) is 0 Å². The molecule has 1 fully saturated rings. The third kappa shape index (κ3) is 6.25. The van der Waals surface area contributed by atoms with Crippen molar-refractivity contribution in [2.75, 3.05) is 18.4 Å². The van der Waals surface area contributed by atoms with Gasteiger partial charge in [-0.2, -0.15) is 31.4 Å². The smallest absolute Gasteiger partial charge is 0.352 e. The van der Waals surface area contributed by atoms with Crippen LogP contribution in [-0.4, -0.2) is 60.6 Å². The van der Waals surface area contributed by atoms with Crippen LogP contribution < -0.4 is 5.32 Å². The molecule has 1 aliphatic heterocycles. The summed E-state index contributed by atoms with van der Waals surface area (Å²) in [5.41, 5.74) is -3.00. The minimum Gasteiger partial charge on any atom is -0.352 e. The van der Waals surface area contributed by atoms with Crippen LogP contribution in [0.25, 0.3) is 11.3 Å². The van der Waals surface area contributed by atoms with Crippen LogP contribution in [-0.2, 0) is 19.4 Å². The van der Waals surface area contributed by atoms with Crippen LogP contribution in [0.3, 0.4) is 0 Å². The van der Waals surface area contributed by atoms with Gasteiger partial charge in [-0.3, -0.25) is 9.48 Å². The van der Waals surface area contributed by atoms with Gasteiger partial charge >= 0.3 is 12.4 Å². The standard InChI is InChI=1S/C23H21F8N7O/c1-12-6-21(24,25)11-38(16(12)9-34-20-32-7-13(8-33-20)22(26,27)28)19(39)18-14(10-37(2)36-18)15-4-3-5-17(35-15)23(29,30)31/h3-5,7-8,10,12,16H,6,9,11H2,1-2H3,(H,32,33,34). The summed E-state index contributed by atoms with van der Waals surface area (Å²) >= 11 is 0. The van der Waals surface area contributed by atoms with Crippen molar-refractivity contribution in [1.29, 1.82) is 0 Å². The molecule has 1 aliphatic rings. The van der Waals surface area contributed by atoms with Crippen molar-refractivity contribution < 1.29 is 39.9 Å². The second kappa shape index (κ2) is 10.0. The van der Waals surface area contributed by atoms with Gasteiger partial charge in [0.1, 0.15) is 5.69 Å². The molecule has 16 heteroatoms. The zero-order valence-electron chi connectivity index (χ0n) is 20.4. The maximum Gasteiger partial charge on any atom is 0.433 e. The first-order chi connectivity index (χ1) is 18.0. The zero-order chi connectivity index (χ0) is 28.8. The van der Waals surface area contributed by atoms with E-state index in [0.717, 1.165) is 21.7 Å². The van der Waals surface area contributed by atoms with E-state index in [4.69, 9.17) is 0 Å². The van der Waals surface area contributed by atoms with Gasteiger partial charge in [-0.15, -0.1) is 0 Å². The molecule has 0 spiro atoms. The lowest BCUT2D eigenvalue weighted by Gasteiger charge is -2.43. The Kier molecular flexibility index (Phi) is 7.25. The molecular formula is C23H21F8N7O. The fourth-order valence-corrected chi connectivity index (χ4v) is 4.35. The molecular weight excluding hydrogens is 542 g/mol. The van der Waals surface area contributed by atoms with Crippen LogP contribution in [0.5, 0.6) is 0 Å². The van der Waals surface area contributed by atoms with Crippen LogP contribution >= 0.6 is 0 Å². The number of halogens is 8. The summed E-state index contributed by atoms with van der Waals surface area (Å²) in [5, 5.41) is 6.69. The Morgan fingerprint density at radius 2 is 1.77 bits per heavy atom. The molecule has 0 saturated carbocycles. The summed E-state index contributed by atoms with van der Waals surface area (Å²) < 4.78 is 108. The van der Waals surface area contributed by atoms with Gasteiger partial charge in [0.25, 0.3) is 11.8 Å². The Bertz CT molecular complexity index is 1340. The Hall–Kier alpha value is -3.85. The number of rotatable bonds is 5. The first kappa shape index (κ1) is 28.2. The number of pyridine rings is 1. The van der Waals surface area contributed by atoms with Crippen LogP contribution in [0.4, 0.5) is 41.1 Å². The molecule has 0 aromatic carbocycles. The first-order valence-electron chi connectivity index (χ1n) is 11.5. The lowest BCUT2D eigenvalue weighted by molar-refractivity contribution is -0.141. The second-order valence-corrected chi connectivity index (χ2v) is 9.18. The zero-order valence-corrected chi connectivity index (χ0v) is 20.4. The molecule has 0 aliphatic carbocycles. The number of aryl methyl sites for hydroxylation is 1. The van der Waals surface area contributed by atoms with E-state index in [9.17, 15) is 39.9 Å². The summed E-state index contributed by atoms with van der Waals surface area (Å²) in [4.78, 5) is 25.2. The molecule has 3 aromatic rings. The Morgan fingerprint density at radius 3 is 2.38 bits per heavy atom. The van der Waals surface area contributed by atoms with Crippen LogP contribution in [0, 0.1) is 5.92 Å². The first-order valence-corrected chi connectivity index (χ1v) is 11.5. The monoisotopic (exact) mass is 563 g/mol. The van der Waals surface area contributed by atoms with Gasteiger partial charge in [-0.05, 0) is 18.1 Å². The number of carbonyl (C=O) groups is 1. The Morgan fingerprint density at radius 1 is 1.10 bits per heavy atom. The number of amides is 1. The molecule has 0 bridgehead atoms. The average molecular weight is 563 g/mol. The molecule has 1 saturated heterocycles. The van der Waals surface area contributed by atoms with Gasteiger partial charge in [0.05, 0.1) is 29.4 Å². The third-order valence-electron chi connectivity index (χ3n) is 6.14. The number of hydrogen-bond donors (Lipinski definition) is 1. The van der Waals surface area contributed by atoms with E-state index in [-0.39, 0.29) is 29.4 Å². The van der Waals surface area contributed by atoms with E-state index in [1.165, 1.54) is 26.2 Å². The van der Waals surface area contributed by atoms with Gasteiger partial charge in [-0.1, -0.05) is 13.0 Å². The normalized spacial score (nSPS) is 19.7. The second-order valence-electron chi connectivity index (χ2n) is 9.18. The number of aromatic nitrogens is 5. The highest BCUT2D eigenvalue weighted by Crippen LogP contribution is 2.37. The maximum atomic E-state index is 14.6. The van der Waals surface area contributed by atoms with Gasteiger partial charge in [0.2, 0.25) is 5.95 Å². The molecule has 210 valence electrons. The van der Waals surface area contributed by atoms with Gasteiger partial charge < -0.3 is 10.2 Å². The van der Waals surface area contributed by atoms with Crippen molar-refractivity contribution in [2.24, 2.45) is 13.0 Å². The highest BCUT2D eigenvalue weighted by Gasteiger charge is 2.47. The van der Waals surface area contributed by atoms with Crippen molar-refractivity contribution in [3.8, 4) is 11.3 Å². The summed E-state index contributed by atoms with van der Waals surface area (Å²) in [7, 11) is 1.41. The topological polar surface area (TPSA) is 88.8 Å². The molecule has 4 rings (SSSR count). The fourth-order valence-electron chi connectivity index (χ4n) is 4.35. The minimum absolute atomic E-state index is 0.0899. The highest BCUT2D eigenvalue weighted by atomic mass is 19.4. The van der Waals surface area contributed by atoms with Crippen molar-refractivity contribution in [1.82, 2.24) is 29.6 Å². The summed E-state index contributed by atoms with van der Waals surface area (Å²) in [6.45, 7) is 0.266. The van der Waals surface area contributed by atoms with E-state index < -0.39 is 60.4 Å². The molecule has 1 N–H and O–H groups in total. The summed E-state index contributed by atoms with van der Waals surface area (Å²) in [6.07, 6.45) is -7.63.